The molecule has 2 aromatic carbocycles. The van der Waals surface area contributed by atoms with Gasteiger partial charge in [-0.3, -0.25) is 10.1 Å². The molecule has 0 radical (unpaired) electrons. The zero-order valence-electron chi connectivity index (χ0n) is 17.4. The number of ether oxygens (including phenoxy) is 2. The zero-order valence-corrected chi connectivity index (χ0v) is 18.2. The average Bonchev–Trinajstić information content (AvgIpc) is 2.79. The van der Waals surface area contributed by atoms with Gasteiger partial charge in [-0.15, -0.1) is 0 Å². The standard InChI is InChI=1S/C21H24N4O5S/c1-3-30-19-7-5-4-6-16(19)22-21(31)24-12-10-23(11-13-24)17-9-8-15(20(26)29-2)14-18(17)25(27)28/h4-9,14H,3,10-13H2,1-2H3,(H,22,31). The Morgan fingerprint density at radius 2 is 1.90 bits per heavy atom. The number of benzene rings is 2. The lowest BCUT2D eigenvalue weighted by Gasteiger charge is -2.37. The van der Waals surface area contributed by atoms with E-state index in [0.29, 0.717) is 43.6 Å². The van der Waals surface area contributed by atoms with Crippen LogP contribution in [-0.2, 0) is 4.74 Å². The van der Waals surface area contributed by atoms with Crippen LogP contribution in [0.3, 0.4) is 0 Å². The van der Waals surface area contributed by atoms with E-state index in [1.807, 2.05) is 41.0 Å². The Morgan fingerprint density at radius 3 is 2.55 bits per heavy atom. The quantitative estimate of drug-likeness (QED) is 0.311. The van der Waals surface area contributed by atoms with Crippen molar-refractivity contribution in [2.24, 2.45) is 0 Å². The lowest BCUT2D eigenvalue weighted by molar-refractivity contribution is -0.384. The highest BCUT2D eigenvalue weighted by Crippen LogP contribution is 2.31. The van der Waals surface area contributed by atoms with Crippen molar-refractivity contribution < 1.29 is 19.2 Å². The molecule has 1 saturated heterocycles. The Hall–Kier alpha value is -3.40. The van der Waals surface area contributed by atoms with Crippen molar-refractivity contribution in [2.75, 3.05) is 50.1 Å². The van der Waals surface area contributed by atoms with E-state index < -0.39 is 10.9 Å². The van der Waals surface area contributed by atoms with Gasteiger partial charge in [0.1, 0.15) is 11.4 Å². The lowest BCUT2D eigenvalue weighted by atomic mass is 10.1. The largest absolute Gasteiger partial charge is 0.492 e. The fraction of sp³-hybridized carbons (Fsp3) is 0.333. The number of nitrogens with zero attached hydrogens (tertiary/aromatic N) is 3. The summed E-state index contributed by atoms with van der Waals surface area (Å²) < 4.78 is 10.3. The Labute approximate surface area is 185 Å². The van der Waals surface area contributed by atoms with Gasteiger partial charge in [0.25, 0.3) is 5.69 Å². The van der Waals surface area contributed by atoms with Crippen molar-refractivity contribution >= 4 is 40.4 Å². The van der Waals surface area contributed by atoms with Crippen LogP contribution in [-0.4, -0.2) is 60.8 Å². The Morgan fingerprint density at radius 1 is 1.19 bits per heavy atom. The molecule has 1 fully saturated rings. The third-order valence-corrected chi connectivity index (χ3v) is 5.29. The molecule has 1 aliphatic rings. The summed E-state index contributed by atoms with van der Waals surface area (Å²) in [6, 6.07) is 12.0. The number of carbonyl (C=O) groups is 1. The van der Waals surface area contributed by atoms with E-state index in [0.717, 1.165) is 11.4 Å². The molecule has 3 rings (SSSR count). The van der Waals surface area contributed by atoms with Crippen LogP contribution in [0.15, 0.2) is 42.5 Å². The van der Waals surface area contributed by atoms with E-state index in [2.05, 4.69) is 10.1 Å². The minimum atomic E-state index is -0.608. The van der Waals surface area contributed by atoms with Crippen LogP contribution in [0.4, 0.5) is 17.1 Å². The van der Waals surface area contributed by atoms with E-state index in [1.54, 1.807) is 6.07 Å². The van der Waals surface area contributed by atoms with E-state index >= 15 is 0 Å². The van der Waals surface area contributed by atoms with E-state index in [-0.39, 0.29) is 11.3 Å². The van der Waals surface area contributed by atoms with Crippen LogP contribution >= 0.6 is 12.2 Å². The van der Waals surface area contributed by atoms with Gasteiger partial charge in [0.05, 0.1) is 29.9 Å². The maximum atomic E-state index is 11.7. The van der Waals surface area contributed by atoms with Crippen molar-refractivity contribution in [1.82, 2.24) is 4.90 Å². The molecule has 0 bridgehead atoms. The number of thiocarbonyl (C=S) groups is 1. The van der Waals surface area contributed by atoms with Crippen LogP contribution < -0.4 is 15.0 Å². The third kappa shape index (κ3) is 5.21. The first kappa shape index (κ1) is 22.3. The third-order valence-electron chi connectivity index (χ3n) is 4.93. The Kier molecular flexibility index (Phi) is 7.24. The number of esters is 1. The highest BCUT2D eigenvalue weighted by molar-refractivity contribution is 7.80. The number of carbonyl (C=O) groups excluding carboxylic acids is 1. The molecule has 0 saturated carbocycles. The molecule has 1 heterocycles. The summed E-state index contributed by atoms with van der Waals surface area (Å²) in [7, 11) is 1.24. The number of rotatable bonds is 6. The van der Waals surface area contributed by atoms with Crippen LogP contribution in [0.1, 0.15) is 17.3 Å². The number of para-hydroxylation sites is 2. The van der Waals surface area contributed by atoms with Gasteiger partial charge in [-0.05, 0) is 43.4 Å². The van der Waals surface area contributed by atoms with Gasteiger partial charge in [0, 0.05) is 32.2 Å². The molecule has 1 N–H and O–H groups in total. The molecule has 0 atom stereocenters. The van der Waals surface area contributed by atoms with Gasteiger partial charge in [-0.2, -0.15) is 0 Å². The van der Waals surface area contributed by atoms with Gasteiger partial charge in [-0.25, -0.2) is 4.79 Å². The molecule has 164 valence electrons. The van der Waals surface area contributed by atoms with Crippen molar-refractivity contribution in [1.29, 1.82) is 0 Å². The van der Waals surface area contributed by atoms with E-state index in [4.69, 9.17) is 17.0 Å². The van der Waals surface area contributed by atoms with Gasteiger partial charge in [0.15, 0.2) is 5.11 Å². The smallest absolute Gasteiger partial charge is 0.338 e. The molecular formula is C21H24N4O5S. The number of hydrogen-bond acceptors (Lipinski definition) is 7. The Balaban J connectivity index is 1.67. The summed E-state index contributed by atoms with van der Waals surface area (Å²) in [5, 5.41) is 15.4. The summed E-state index contributed by atoms with van der Waals surface area (Å²) in [6.45, 7) is 4.76. The normalized spacial score (nSPS) is 13.5. The number of nitro benzene ring substituents is 1. The van der Waals surface area contributed by atoms with E-state index in [9.17, 15) is 14.9 Å². The van der Waals surface area contributed by atoms with Gasteiger partial charge >= 0.3 is 5.97 Å². The second kappa shape index (κ2) is 10.1. The second-order valence-electron chi connectivity index (χ2n) is 6.79. The first-order valence-electron chi connectivity index (χ1n) is 9.84. The van der Waals surface area contributed by atoms with Crippen LogP contribution in [0, 0.1) is 10.1 Å². The van der Waals surface area contributed by atoms with Crippen LogP contribution in [0.2, 0.25) is 0 Å². The summed E-state index contributed by atoms with van der Waals surface area (Å²) in [5.74, 6) is 0.121. The fourth-order valence-electron chi connectivity index (χ4n) is 3.38. The molecule has 0 unspecified atom stereocenters. The van der Waals surface area contributed by atoms with Crippen molar-refractivity contribution in [2.45, 2.75) is 6.92 Å². The number of anilines is 2. The molecule has 9 nitrogen and oxygen atoms in total. The highest BCUT2D eigenvalue weighted by atomic mass is 32.1. The fourth-order valence-corrected chi connectivity index (χ4v) is 3.67. The minimum absolute atomic E-state index is 0.123. The molecule has 0 aromatic heterocycles. The van der Waals surface area contributed by atoms with Gasteiger partial charge in [-0.1, -0.05) is 12.1 Å². The number of methoxy groups -OCH3 is 1. The molecular weight excluding hydrogens is 420 g/mol. The maximum absolute atomic E-state index is 11.7. The number of piperazine rings is 1. The molecule has 31 heavy (non-hydrogen) atoms. The van der Waals surface area contributed by atoms with E-state index in [1.165, 1.54) is 19.2 Å². The molecule has 0 aliphatic carbocycles. The van der Waals surface area contributed by atoms with Crippen LogP contribution in [0.5, 0.6) is 5.75 Å². The monoisotopic (exact) mass is 444 g/mol. The van der Waals surface area contributed by atoms with Crippen molar-refractivity contribution in [3.63, 3.8) is 0 Å². The Bertz CT molecular complexity index is 976. The topological polar surface area (TPSA) is 97.2 Å². The first-order chi connectivity index (χ1) is 14.9. The summed E-state index contributed by atoms with van der Waals surface area (Å²) in [5.41, 5.74) is 1.29. The predicted molar refractivity (Wildman–Crippen MR) is 122 cm³/mol. The lowest BCUT2D eigenvalue weighted by Crippen LogP contribution is -2.50. The molecule has 10 heteroatoms. The van der Waals surface area contributed by atoms with Gasteiger partial charge < -0.3 is 24.6 Å². The number of hydrogen-bond donors (Lipinski definition) is 1. The summed E-state index contributed by atoms with van der Waals surface area (Å²) in [6.07, 6.45) is 0. The van der Waals surface area contributed by atoms with Crippen molar-refractivity contribution in [3.05, 3.63) is 58.1 Å². The SMILES string of the molecule is CCOc1ccccc1NC(=S)N1CCN(c2ccc(C(=O)OC)cc2[N+](=O)[O-])CC1. The van der Waals surface area contributed by atoms with Crippen LogP contribution in [0.25, 0.3) is 0 Å². The average molecular weight is 445 g/mol. The first-order valence-corrected chi connectivity index (χ1v) is 10.2. The molecule has 0 amide bonds. The summed E-state index contributed by atoms with van der Waals surface area (Å²) >= 11 is 5.56. The summed E-state index contributed by atoms with van der Waals surface area (Å²) in [4.78, 5) is 26.7. The minimum Gasteiger partial charge on any atom is -0.492 e. The van der Waals surface area contributed by atoms with Crippen molar-refractivity contribution in [3.8, 4) is 5.75 Å². The molecule has 0 spiro atoms. The number of nitrogens with one attached hydrogen (secondary N) is 1. The highest BCUT2D eigenvalue weighted by Gasteiger charge is 2.26. The molecule has 1 aliphatic heterocycles. The zero-order chi connectivity index (χ0) is 22.4. The maximum Gasteiger partial charge on any atom is 0.338 e. The second-order valence-corrected chi connectivity index (χ2v) is 7.17. The predicted octanol–water partition coefficient (Wildman–Crippen LogP) is 3.30. The molecule has 2 aromatic rings. The number of nitro groups is 1. The van der Waals surface area contributed by atoms with Gasteiger partial charge in [0.2, 0.25) is 0 Å².